The van der Waals surface area contributed by atoms with Crippen molar-refractivity contribution >= 4 is 17.5 Å². The van der Waals surface area contributed by atoms with Gasteiger partial charge in [-0.1, -0.05) is 54.1 Å². The van der Waals surface area contributed by atoms with Gasteiger partial charge in [0.1, 0.15) is 6.26 Å². The first-order chi connectivity index (χ1) is 16.2. The quantitative estimate of drug-likeness (QED) is 0.490. The number of morpholine rings is 1. The standard InChI is InChI=1S/C25H29ClN4O3/c26-22-8-6-21(7-9-22)17-30(16-20-4-2-1-3-5-20)18-24-28-23(19-33-24)25(31)27-10-11-29-12-14-32-15-13-29/h1-9,19H,10-18H2,(H,27,31). The van der Waals surface area contributed by atoms with Crippen molar-refractivity contribution in [2.75, 3.05) is 39.4 Å². The van der Waals surface area contributed by atoms with E-state index in [0.29, 0.717) is 36.2 Å². The van der Waals surface area contributed by atoms with Crippen LogP contribution in [0.4, 0.5) is 0 Å². The summed E-state index contributed by atoms with van der Waals surface area (Å²) in [7, 11) is 0. The number of oxazole rings is 1. The van der Waals surface area contributed by atoms with Crippen LogP contribution in [-0.2, 0) is 24.4 Å². The first-order valence-electron chi connectivity index (χ1n) is 11.2. The molecule has 4 rings (SSSR count). The summed E-state index contributed by atoms with van der Waals surface area (Å²) in [6.45, 7) is 6.57. The number of nitrogens with zero attached hydrogens (tertiary/aromatic N) is 3. The Labute approximate surface area is 199 Å². The third-order valence-corrected chi connectivity index (χ3v) is 5.78. The molecule has 0 saturated carbocycles. The Hall–Kier alpha value is -2.71. The van der Waals surface area contributed by atoms with Crippen LogP contribution < -0.4 is 5.32 Å². The van der Waals surface area contributed by atoms with Gasteiger partial charge in [-0.05, 0) is 23.3 Å². The van der Waals surface area contributed by atoms with Crippen LogP contribution in [0.1, 0.15) is 27.5 Å². The molecule has 1 aromatic heterocycles. The molecule has 0 radical (unpaired) electrons. The van der Waals surface area contributed by atoms with E-state index in [1.165, 1.54) is 11.8 Å². The minimum atomic E-state index is -0.217. The summed E-state index contributed by atoms with van der Waals surface area (Å²) in [6, 6.07) is 18.1. The normalized spacial score (nSPS) is 14.5. The Kier molecular flexibility index (Phi) is 8.49. The molecule has 0 atom stereocenters. The second-order valence-corrected chi connectivity index (χ2v) is 8.53. The molecule has 1 fully saturated rings. The highest BCUT2D eigenvalue weighted by Gasteiger charge is 2.16. The number of benzene rings is 2. The number of carbonyl (C=O) groups excluding carboxylic acids is 1. The van der Waals surface area contributed by atoms with Crippen LogP contribution in [0, 0.1) is 0 Å². The molecule has 1 N–H and O–H groups in total. The number of rotatable bonds is 10. The lowest BCUT2D eigenvalue weighted by atomic mass is 10.1. The number of amides is 1. The highest BCUT2D eigenvalue weighted by atomic mass is 35.5. The van der Waals surface area contributed by atoms with Gasteiger partial charge in [0.15, 0.2) is 5.69 Å². The van der Waals surface area contributed by atoms with Crippen molar-refractivity contribution in [3.05, 3.63) is 88.6 Å². The Morgan fingerprint density at radius 2 is 1.70 bits per heavy atom. The van der Waals surface area contributed by atoms with E-state index in [2.05, 4.69) is 32.2 Å². The molecule has 1 amide bonds. The highest BCUT2D eigenvalue weighted by molar-refractivity contribution is 6.30. The van der Waals surface area contributed by atoms with Crippen molar-refractivity contribution in [2.45, 2.75) is 19.6 Å². The van der Waals surface area contributed by atoms with Crippen LogP contribution >= 0.6 is 11.6 Å². The molecule has 0 unspecified atom stereocenters. The van der Waals surface area contributed by atoms with Gasteiger partial charge in [-0.2, -0.15) is 0 Å². The van der Waals surface area contributed by atoms with Crippen molar-refractivity contribution in [1.29, 1.82) is 0 Å². The minimum absolute atomic E-state index is 0.217. The molecule has 174 valence electrons. The number of halogens is 1. The molecule has 0 aliphatic carbocycles. The molecule has 8 heteroatoms. The Balaban J connectivity index is 1.35. The van der Waals surface area contributed by atoms with Gasteiger partial charge in [0.05, 0.1) is 19.8 Å². The summed E-state index contributed by atoms with van der Waals surface area (Å²) in [4.78, 5) is 21.4. The van der Waals surface area contributed by atoms with Gasteiger partial charge in [-0.3, -0.25) is 14.6 Å². The van der Waals surface area contributed by atoms with Crippen molar-refractivity contribution in [2.24, 2.45) is 0 Å². The molecule has 3 aromatic rings. The van der Waals surface area contributed by atoms with E-state index < -0.39 is 0 Å². The number of ether oxygens (including phenoxy) is 1. The fourth-order valence-electron chi connectivity index (χ4n) is 3.78. The summed E-state index contributed by atoms with van der Waals surface area (Å²) in [6.07, 6.45) is 1.43. The van der Waals surface area contributed by atoms with E-state index >= 15 is 0 Å². The molecule has 2 aromatic carbocycles. The average Bonchev–Trinajstić information content (AvgIpc) is 3.30. The maximum Gasteiger partial charge on any atom is 0.273 e. The zero-order chi connectivity index (χ0) is 22.9. The fraction of sp³-hybridized carbons (Fsp3) is 0.360. The van der Waals surface area contributed by atoms with E-state index in [1.54, 1.807) is 0 Å². The summed E-state index contributed by atoms with van der Waals surface area (Å²) >= 11 is 6.04. The van der Waals surface area contributed by atoms with Gasteiger partial charge in [-0.15, -0.1) is 0 Å². The molecule has 1 aliphatic rings. The Bertz CT molecular complexity index is 1000. The zero-order valence-electron chi connectivity index (χ0n) is 18.6. The van der Waals surface area contributed by atoms with E-state index in [-0.39, 0.29) is 5.91 Å². The van der Waals surface area contributed by atoms with Crippen LogP contribution in [-0.4, -0.2) is 60.1 Å². The van der Waals surface area contributed by atoms with E-state index in [1.807, 2.05) is 42.5 Å². The first kappa shape index (κ1) is 23.4. The maximum absolute atomic E-state index is 12.5. The van der Waals surface area contributed by atoms with E-state index in [0.717, 1.165) is 45.0 Å². The van der Waals surface area contributed by atoms with Gasteiger partial charge >= 0.3 is 0 Å². The molecule has 2 heterocycles. The van der Waals surface area contributed by atoms with Gasteiger partial charge in [0.2, 0.25) is 5.89 Å². The molecular weight excluding hydrogens is 440 g/mol. The van der Waals surface area contributed by atoms with E-state index in [9.17, 15) is 4.79 Å². The molecule has 7 nitrogen and oxygen atoms in total. The summed E-state index contributed by atoms with van der Waals surface area (Å²) in [5.74, 6) is 0.295. The number of hydrogen-bond donors (Lipinski definition) is 1. The smallest absolute Gasteiger partial charge is 0.273 e. The summed E-state index contributed by atoms with van der Waals surface area (Å²) in [5, 5.41) is 3.64. The predicted molar refractivity (Wildman–Crippen MR) is 127 cm³/mol. The second kappa shape index (κ2) is 12.0. The minimum Gasteiger partial charge on any atom is -0.447 e. The van der Waals surface area contributed by atoms with Crippen molar-refractivity contribution in [3.8, 4) is 0 Å². The predicted octanol–water partition coefficient (Wildman–Crippen LogP) is 3.59. The topological polar surface area (TPSA) is 70.8 Å². The average molecular weight is 469 g/mol. The first-order valence-corrected chi connectivity index (χ1v) is 11.6. The Morgan fingerprint density at radius 1 is 1.00 bits per heavy atom. The molecule has 1 saturated heterocycles. The molecule has 0 spiro atoms. The lowest BCUT2D eigenvalue weighted by Gasteiger charge is -2.26. The molecule has 33 heavy (non-hydrogen) atoms. The summed E-state index contributed by atoms with van der Waals surface area (Å²) < 4.78 is 11.0. The van der Waals surface area contributed by atoms with Gasteiger partial charge in [-0.25, -0.2) is 4.98 Å². The SMILES string of the molecule is O=C(NCCN1CCOCC1)c1coc(CN(Cc2ccccc2)Cc2ccc(Cl)cc2)n1. The van der Waals surface area contributed by atoms with Crippen LogP contribution in [0.3, 0.4) is 0 Å². The third-order valence-electron chi connectivity index (χ3n) is 5.53. The van der Waals surface area contributed by atoms with Gasteiger partial charge in [0.25, 0.3) is 5.91 Å². The van der Waals surface area contributed by atoms with Gasteiger partial charge in [0, 0.05) is 44.3 Å². The van der Waals surface area contributed by atoms with Crippen LogP contribution in [0.15, 0.2) is 65.3 Å². The zero-order valence-corrected chi connectivity index (χ0v) is 19.3. The fourth-order valence-corrected chi connectivity index (χ4v) is 3.91. The van der Waals surface area contributed by atoms with E-state index in [4.69, 9.17) is 20.8 Å². The third kappa shape index (κ3) is 7.40. The highest BCUT2D eigenvalue weighted by Crippen LogP contribution is 2.16. The largest absolute Gasteiger partial charge is 0.447 e. The van der Waals surface area contributed by atoms with Crippen molar-refractivity contribution in [1.82, 2.24) is 20.1 Å². The number of aromatic nitrogens is 1. The number of hydrogen-bond acceptors (Lipinski definition) is 6. The molecular formula is C25H29ClN4O3. The van der Waals surface area contributed by atoms with Crippen molar-refractivity contribution in [3.63, 3.8) is 0 Å². The van der Waals surface area contributed by atoms with Crippen LogP contribution in [0.5, 0.6) is 0 Å². The van der Waals surface area contributed by atoms with Crippen molar-refractivity contribution < 1.29 is 13.9 Å². The Morgan fingerprint density at radius 3 is 2.42 bits per heavy atom. The monoisotopic (exact) mass is 468 g/mol. The second-order valence-electron chi connectivity index (χ2n) is 8.09. The van der Waals surface area contributed by atoms with Crippen LogP contribution in [0.25, 0.3) is 0 Å². The van der Waals surface area contributed by atoms with Crippen LogP contribution in [0.2, 0.25) is 5.02 Å². The summed E-state index contributed by atoms with van der Waals surface area (Å²) in [5.41, 5.74) is 2.64. The molecule has 1 aliphatic heterocycles. The lowest BCUT2D eigenvalue weighted by Crippen LogP contribution is -2.41. The maximum atomic E-state index is 12.5. The number of carbonyl (C=O) groups is 1. The molecule has 0 bridgehead atoms. The lowest BCUT2D eigenvalue weighted by molar-refractivity contribution is 0.0383. The number of nitrogens with one attached hydrogen (secondary N) is 1. The van der Waals surface area contributed by atoms with Gasteiger partial charge < -0.3 is 14.5 Å².